The van der Waals surface area contributed by atoms with E-state index in [2.05, 4.69) is 49.5 Å². The van der Waals surface area contributed by atoms with Crippen LogP contribution in [-0.2, 0) is 0 Å². The van der Waals surface area contributed by atoms with E-state index in [0.717, 1.165) is 31.4 Å². The van der Waals surface area contributed by atoms with Gasteiger partial charge in [-0.05, 0) is 43.7 Å². The molecule has 1 fully saturated rings. The number of hydrogen-bond donors (Lipinski definition) is 2. The van der Waals surface area contributed by atoms with Crippen LogP contribution in [0.15, 0.2) is 35.2 Å². The van der Waals surface area contributed by atoms with Gasteiger partial charge in [0.15, 0.2) is 0 Å². The van der Waals surface area contributed by atoms with Crippen LogP contribution < -0.4 is 5.32 Å². The van der Waals surface area contributed by atoms with Gasteiger partial charge in [-0.1, -0.05) is 32.0 Å². The van der Waals surface area contributed by atoms with E-state index in [0.29, 0.717) is 18.0 Å². The van der Waals surface area contributed by atoms with E-state index in [9.17, 15) is 5.11 Å². The standard InChI is InChI=1S/C17H27NOS/c1-13(2)17(12-20-16-6-4-3-5-7-16)18-14-8-10-15(19)11-9-14/h3-7,13-15,17-19H,8-12H2,1-2H3. The molecule has 0 heterocycles. The fourth-order valence-electron chi connectivity index (χ4n) is 2.68. The fourth-order valence-corrected chi connectivity index (χ4v) is 3.88. The molecule has 2 nitrogen and oxygen atoms in total. The quantitative estimate of drug-likeness (QED) is 0.785. The van der Waals surface area contributed by atoms with E-state index in [1.807, 2.05) is 11.8 Å². The second-order valence-corrected chi connectivity index (χ2v) is 7.24. The van der Waals surface area contributed by atoms with Crippen molar-refractivity contribution in [2.24, 2.45) is 5.92 Å². The number of hydrogen-bond acceptors (Lipinski definition) is 3. The van der Waals surface area contributed by atoms with Gasteiger partial charge in [0, 0.05) is 22.7 Å². The van der Waals surface area contributed by atoms with Crippen LogP contribution in [0.4, 0.5) is 0 Å². The molecule has 0 spiro atoms. The van der Waals surface area contributed by atoms with Gasteiger partial charge >= 0.3 is 0 Å². The molecule has 0 amide bonds. The van der Waals surface area contributed by atoms with Crippen molar-refractivity contribution >= 4 is 11.8 Å². The SMILES string of the molecule is CC(C)C(CSc1ccccc1)NC1CCC(O)CC1. The minimum absolute atomic E-state index is 0.0655. The minimum atomic E-state index is -0.0655. The molecule has 20 heavy (non-hydrogen) atoms. The zero-order valence-corrected chi connectivity index (χ0v) is 13.4. The second kappa shape index (κ2) is 8.06. The Hall–Kier alpha value is -0.510. The van der Waals surface area contributed by atoms with Gasteiger partial charge in [-0.2, -0.15) is 0 Å². The maximum Gasteiger partial charge on any atom is 0.0541 e. The second-order valence-electron chi connectivity index (χ2n) is 6.15. The van der Waals surface area contributed by atoms with Crippen molar-refractivity contribution in [3.63, 3.8) is 0 Å². The van der Waals surface area contributed by atoms with Crippen molar-refractivity contribution in [2.75, 3.05) is 5.75 Å². The number of aliphatic hydroxyl groups is 1. The third-order valence-electron chi connectivity index (χ3n) is 4.12. The number of thioether (sulfide) groups is 1. The van der Waals surface area contributed by atoms with Crippen LogP contribution in [0.25, 0.3) is 0 Å². The molecule has 0 bridgehead atoms. The van der Waals surface area contributed by atoms with E-state index in [4.69, 9.17) is 0 Å². The Morgan fingerprint density at radius 2 is 1.80 bits per heavy atom. The zero-order valence-electron chi connectivity index (χ0n) is 12.6. The Morgan fingerprint density at radius 3 is 2.40 bits per heavy atom. The minimum Gasteiger partial charge on any atom is -0.393 e. The highest BCUT2D eigenvalue weighted by atomic mass is 32.2. The number of rotatable bonds is 6. The molecule has 1 aliphatic carbocycles. The molecular formula is C17H27NOS. The average Bonchev–Trinajstić information content (AvgIpc) is 2.46. The van der Waals surface area contributed by atoms with Crippen LogP contribution in [0.5, 0.6) is 0 Å². The molecule has 1 unspecified atom stereocenters. The van der Waals surface area contributed by atoms with Crippen molar-refractivity contribution in [1.29, 1.82) is 0 Å². The fraction of sp³-hybridized carbons (Fsp3) is 0.647. The lowest BCUT2D eigenvalue weighted by Crippen LogP contribution is -2.45. The normalized spacial score (nSPS) is 24.8. The number of nitrogens with one attached hydrogen (secondary N) is 1. The maximum absolute atomic E-state index is 9.59. The summed E-state index contributed by atoms with van der Waals surface area (Å²) in [5.74, 6) is 1.75. The highest BCUT2D eigenvalue weighted by Crippen LogP contribution is 2.23. The van der Waals surface area contributed by atoms with Crippen LogP contribution in [0.3, 0.4) is 0 Å². The van der Waals surface area contributed by atoms with Gasteiger partial charge in [-0.25, -0.2) is 0 Å². The third-order valence-corrected chi connectivity index (χ3v) is 5.26. The monoisotopic (exact) mass is 293 g/mol. The van der Waals surface area contributed by atoms with Crippen molar-refractivity contribution in [3.05, 3.63) is 30.3 Å². The molecule has 1 saturated carbocycles. The Bertz CT molecular complexity index is 374. The van der Waals surface area contributed by atoms with E-state index < -0.39 is 0 Å². The lowest BCUT2D eigenvalue weighted by Gasteiger charge is -2.32. The Kier molecular flexibility index (Phi) is 6.40. The lowest BCUT2D eigenvalue weighted by atomic mass is 9.92. The van der Waals surface area contributed by atoms with Gasteiger partial charge in [0.25, 0.3) is 0 Å². The Morgan fingerprint density at radius 1 is 1.15 bits per heavy atom. The first-order valence-electron chi connectivity index (χ1n) is 7.77. The first-order valence-corrected chi connectivity index (χ1v) is 8.75. The Labute approximate surface area is 127 Å². The van der Waals surface area contributed by atoms with Crippen LogP contribution in [0.1, 0.15) is 39.5 Å². The first kappa shape index (κ1) is 15.9. The molecule has 2 rings (SSSR count). The molecule has 0 saturated heterocycles. The molecule has 0 aliphatic heterocycles. The van der Waals surface area contributed by atoms with Crippen LogP contribution in [0.2, 0.25) is 0 Å². The smallest absolute Gasteiger partial charge is 0.0541 e. The van der Waals surface area contributed by atoms with Crippen LogP contribution in [-0.4, -0.2) is 29.0 Å². The molecular weight excluding hydrogens is 266 g/mol. The molecule has 3 heteroatoms. The summed E-state index contributed by atoms with van der Waals surface area (Å²) in [5, 5.41) is 13.4. The van der Waals surface area contributed by atoms with Crippen molar-refractivity contribution in [1.82, 2.24) is 5.32 Å². The molecule has 1 aliphatic rings. The highest BCUT2D eigenvalue weighted by molar-refractivity contribution is 7.99. The molecule has 1 atom stereocenters. The van der Waals surface area contributed by atoms with E-state index in [1.54, 1.807) is 0 Å². The van der Waals surface area contributed by atoms with Crippen molar-refractivity contribution < 1.29 is 5.11 Å². The maximum atomic E-state index is 9.59. The predicted octanol–water partition coefficient (Wildman–Crippen LogP) is 3.70. The predicted molar refractivity (Wildman–Crippen MR) is 87.2 cm³/mol. The van der Waals surface area contributed by atoms with Gasteiger partial charge in [0.1, 0.15) is 0 Å². The summed E-state index contributed by atoms with van der Waals surface area (Å²) in [7, 11) is 0. The summed E-state index contributed by atoms with van der Waals surface area (Å²) < 4.78 is 0. The summed E-state index contributed by atoms with van der Waals surface area (Å²) in [6.45, 7) is 4.59. The van der Waals surface area contributed by atoms with E-state index >= 15 is 0 Å². The Balaban J connectivity index is 1.81. The summed E-state index contributed by atoms with van der Waals surface area (Å²) in [6, 6.07) is 11.8. The molecule has 2 N–H and O–H groups in total. The number of aliphatic hydroxyl groups excluding tert-OH is 1. The van der Waals surface area contributed by atoms with Crippen LogP contribution in [0, 0.1) is 5.92 Å². The number of benzene rings is 1. The molecule has 0 aromatic heterocycles. The van der Waals surface area contributed by atoms with Crippen LogP contribution >= 0.6 is 11.8 Å². The molecule has 1 aromatic rings. The van der Waals surface area contributed by atoms with Gasteiger partial charge in [-0.15, -0.1) is 11.8 Å². The summed E-state index contributed by atoms with van der Waals surface area (Å²) in [4.78, 5) is 1.35. The lowest BCUT2D eigenvalue weighted by molar-refractivity contribution is 0.113. The highest BCUT2D eigenvalue weighted by Gasteiger charge is 2.23. The third kappa shape index (κ3) is 5.12. The summed E-state index contributed by atoms with van der Waals surface area (Å²) >= 11 is 1.93. The topological polar surface area (TPSA) is 32.3 Å². The van der Waals surface area contributed by atoms with E-state index in [-0.39, 0.29) is 6.10 Å². The molecule has 1 aromatic carbocycles. The van der Waals surface area contributed by atoms with Crippen molar-refractivity contribution in [2.45, 2.75) is 62.6 Å². The largest absolute Gasteiger partial charge is 0.393 e. The zero-order chi connectivity index (χ0) is 14.4. The first-order chi connectivity index (χ1) is 9.65. The summed E-state index contributed by atoms with van der Waals surface area (Å²) in [5.41, 5.74) is 0. The average molecular weight is 293 g/mol. The molecule has 0 radical (unpaired) electrons. The van der Waals surface area contributed by atoms with Gasteiger partial charge in [0.05, 0.1) is 6.10 Å². The van der Waals surface area contributed by atoms with Gasteiger partial charge < -0.3 is 10.4 Å². The van der Waals surface area contributed by atoms with E-state index in [1.165, 1.54) is 4.90 Å². The van der Waals surface area contributed by atoms with Gasteiger partial charge in [-0.3, -0.25) is 0 Å². The van der Waals surface area contributed by atoms with Crippen molar-refractivity contribution in [3.8, 4) is 0 Å². The molecule has 112 valence electrons. The van der Waals surface area contributed by atoms with Gasteiger partial charge in [0.2, 0.25) is 0 Å². The summed E-state index contributed by atoms with van der Waals surface area (Å²) in [6.07, 6.45) is 4.06.